The van der Waals surface area contributed by atoms with E-state index >= 15 is 0 Å². The van der Waals surface area contributed by atoms with Gasteiger partial charge in [-0.3, -0.25) is 0 Å². The molecular formula is C13H17BrF3NO. The first-order valence-corrected chi connectivity index (χ1v) is 6.78. The zero-order chi connectivity index (χ0) is 14.7. The Labute approximate surface area is 119 Å². The zero-order valence-corrected chi connectivity index (χ0v) is 12.4. The van der Waals surface area contributed by atoms with Gasteiger partial charge in [0.2, 0.25) is 0 Å². The van der Waals surface area contributed by atoms with Crippen LogP contribution < -0.4 is 5.32 Å². The Morgan fingerprint density at radius 3 is 2.47 bits per heavy atom. The van der Waals surface area contributed by atoms with Crippen molar-refractivity contribution in [1.82, 2.24) is 0 Å². The van der Waals surface area contributed by atoms with Gasteiger partial charge >= 0.3 is 6.18 Å². The van der Waals surface area contributed by atoms with Crippen LogP contribution in [0, 0.1) is 0 Å². The fraction of sp³-hybridized carbons (Fsp3) is 0.538. The Kier molecular flexibility index (Phi) is 5.26. The van der Waals surface area contributed by atoms with E-state index in [0.717, 1.165) is 12.5 Å². The summed E-state index contributed by atoms with van der Waals surface area (Å²) in [4.78, 5) is 0. The normalized spacial score (nSPS) is 15.1. The number of aliphatic hydroxyl groups is 1. The SMILES string of the molecule is CCCC(C)(O)CNc1cc(Br)ccc1C(F)(F)F. The summed E-state index contributed by atoms with van der Waals surface area (Å²) in [6, 6.07) is 3.73. The molecule has 6 heteroatoms. The monoisotopic (exact) mass is 339 g/mol. The molecule has 0 saturated carbocycles. The molecular weight excluding hydrogens is 323 g/mol. The van der Waals surface area contributed by atoms with Crippen molar-refractivity contribution in [2.75, 3.05) is 11.9 Å². The quantitative estimate of drug-likeness (QED) is 0.831. The number of halogens is 4. The summed E-state index contributed by atoms with van der Waals surface area (Å²) in [7, 11) is 0. The maximum atomic E-state index is 12.8. The van der Waals surface area contributed by atoms with E-state index in [1.807, 2.05) is 6.92 Å². The molecule has 0 bridgehead atoms. The van der Waals surface area contributed by atoms with Gasteiger partial charge in [-0.25, -0.2) is 0 Å². The summed E-state index contributed by atoms with van der Waals surface area (Å²) in [6.07, 6.45) is -3.13. The minimum absolute atomic E-state index is 0.0294. The molecule has 0 spiro atoms. The lowest BCUT2D eigenvalue weighted by Crippen LogP contribution is -2.33. The van der Waals surface area contributed by atoms with E-state index in [0.29, 0.717) is 10.9 Å². The molecule has 19 heavy (non-hydrogen) atoms. The number of nitrogens with one attached hydrogen (secondary N) is 1. The van der Waals surface area contributed by atoms with Crippen molar-refractivity contribution in [2.45, 2.75) is 38.5 Å². The first-order valence-electron chi connectivity index (χ1n) is 5.99. The first-order chi connectivity index (χ1) is 8.65. The van der Waals surface area contributed by atoms with Crippen molar-refractivity contribution < 1.29 is 18.3 Å². The topological polar surface area (TPSA) is 32.3 Å². The minimum atomic E-state index is -4.42. The van der Waals surface area contributed by atoms with Gasteiger partial charge in [0.15, 0.2) is 0 Å². The third-order valence-corrected chi connectivity index (χ3v) is 3.23. The van der Waals surface area contributed by atoms with E-state index in [1.165, 1.54) is 12.1 Å². The van der Waals surface area contributed by atoms with E-state index in [4.69, 9.17) is 0 Å². The molecule has 0 fully saturated rings. The number of anilines is 1. The molecule has 2 N–H and O–H groups in total. The van der Waals surface area contributed by atoms with E-state index in [9.17, 15) is 18.3 Å². The Hall–Kier alpha value is -0.750. The average Bonchev–Trinajstić information content (AvgIpc) is 2.25. The molecule has 0 aliphatic carbocycles. The van der Waals surface area contributed by atoms with E-state index < -0.39 is 17.3 Å². The zero-order valence-electron chi connectivity index (χ0n) is 10.8. The lowest BCUT2D eigenvalue weighted by atomic mass is 10.0. The molecule has 0 radical (unpaired) electrons. The van der Waals surface area contributed by atoms with Crippen LogP contribution in [0.3, 0.4) is 0 Å². The highest BCUT2D eigenvalue weighted by Crippen LogP contribution is 2.36. The Morgan fingerprint density at radius 2 is 1.95 bits per heavy atom. The van der Waals surface area contributed by atoms with Crippen LogP contribution in [0.5, 0.6) is 0 Å². The van der Waals surface area contributed by atoms with Crippen LogP contribution in [0.25, 0.3) is 0 Å². The van der Waals surface area contributed by atoms with Crippen molar-refractivity contribution in [1.29, 1.82) is 0 Å². The molecule has 0 saturated heterocycles. The van der Waals surface area contributed by atoms with Gasteiger partial charge in [0.1, 0.15) is 0 Å². The van der Waals surface area contributed by atoms with Crippen LogP contribution >= 0.6 is 15.9 Å². The highest BCUT2D eigenvalue weighted by Gasteiger charge is 2.34. The lowest BCUT2D eigenvalue weighted by molar-refractivity contribution is -0.137. The van der Waals surface area contributed by atoms with Crippen LogP contribution in [0.1, 0.15) is 32.3 Å². The predicted octanol–water partition coefficient (Wildman–Crippen LogP) is 4.43. The van der Waals surface area contributed by atoms with Crippen LogP contribution in [0.4, 0.5) is 18.9 Å². The molecule has 1 aromatic rings. The number of rotatable bonds is 5. The smallest absolute Gasteiger partial charge is 0.388 e. The third kappa shape index (κ3) is 5.03. The van der Waals surface area contributed by atoms with Gasteiger partial charge < -0.3 is 10.4 Å². The highest BCUT2D eigenvalue weighted by atomic mass is 79.9. The average molecular weight is 340 g/mol. The summed E-state index contributed by atoms with van der Waals surface area (Å²) < 4.78 is 39.0. The molecule has 2 nitrogen and oxygen atoms in total. The molecule has 0 aliphatic heterocycles. The van der Waals surface area contributed by atoms with Gasteiger partial charge in [0.05, 0.1) is 11.2 Å². The van der Waals surface area contributed by atoms with Crippen molar-refractivity contribution in [3.05, 3.63) is 28.2 Å². The fourth-order valence-electron chi connectivity index (χ4n) is 1.82. The standard InChI is InChI=1S/C13H17BrF3NO/c1-3-6-12(2,19)8-18-11-7-9(14)4-5-10(11)13(15,16)17/h4-5,7,18-19H,3,6,8H2,1-2H3. The van der Waals surface area contributed by atoms with Gasteiger partial charge in [-0.15, -0.1) is 0 Å². The van der Waals surface area contributed by atoms with Gasteiger partial charge in [-0.1, -0.05) is 29.3 Å². The van der Waals surface area contributed by atoms with E-state index in [1.54, 1.807) is 6.92 Å². The van der Waals surface area contributed by atoms with Gasteiger partial charge in [0, 0.05) is 16.7 Å². The second-order valence-corrected chi connectivity index (χ2v) is 5.70. The largest absolute Gasteiger partial charge is 0.418 e. The van der Waals surface area contributed by atoms with Crippen LogP contribution in [0.15, 0.2) is 22.7 Å². The van der Waals surface area contributed by atoms with Crippen molar-refractivity contribution in [3.63, 3.8) is 0 Å². The molecule has 1 unspecified atom stereocenters. The second kappa shape index (κ2) is 6.13. The number of hydrogen-bond acceptors (Lipinski definition) is 2. The molecule has 108 valence electrons. The van der Waals surface area contributed by atoms with Crippen LogP contribution in [0.2, 0.25) is 0 Å². The minimum Gasteiger partial charge on any atom is -0.388 e. The van der Waals surface area contributed by atoms with Gasteiger partial charge in [0.25, 0.3) is 0 Å². The third-order valence-electron chi connectivity index (χ3n) is 2.74. The Balaban J connectivity index is 2.91. The van der Waals surface area contributed by atoms with E-state index in [2.05, 4.69) is 21.2 Å². The number of hydrogen-bond donors (Lipinski definition) is 2. The summed E-state index contributed by atoms with van der Waals surface area (Å²) in [6.45, 7) is 3.59. The van der Waals surface area contributed by atoms with Crippen LogP contribution in [-0.4, -0.2) is 17.3 Å². The van der Waals surface area contributed by atoms with Gasteiger partial charge in [-0.2, -0.15) is 13.2 Å². The summed E-state index contributed by atoms with van der Waals surface area (Å²) in [5.41, 5.74) is -1.79. The lowest BCUT2D eigenvalue weighted by Gasteiger charge is -2.25. The predicted molar refractivity (Wildman–Crippen MR) is 73.2 cm³/mol. The Morgan fingerprint density at radius 1 is 1.32 bits per heavy atom. The van der Waals surface area contributed by atoms with Crippen molar-refractivity contribution in [3.8, 4) is 0 Å². The Bertz CT molecular complexity index is 432. The summed E-state index contributed by atoms with van der Waals surface area (Å²) in [5, 5.41) is 12.7. The van der Waals surface area contributed by atoms with Crippen molar-refractivity contribution >= 4 is 21.6 Å². The second-order valence-electron chi connectivity index (χ2n) is 4.79. The maximum absolute atomic E-state index is 12.8. The number of benzene rings is 1. The van der Waals surface area contributed by atoms with Crippen LogP contribution in [-0.2, 0) is 6.18 Å². The molecule has 0 heterocycles. The number of alkyl halides is 3. The van der Waals surface area contributed by atoms with Gasteiger partial charge in [-0.05, 0) is 31.5 Å². The highest BCUT2D eigenvalue weighted by molar-refractivity contribution is 9.10. The molecule has 0 amide bonds. The summed E-state index contributed by atoms with van der Waals surface area (Å²) >= 11 is 3.14. The molecule has 1 atom stereocenters. The molecule has 0 aromatic heterocycles. The fourth-order valence-corrected chi connectivity index (χ4v) is 2.18. The molecule has 1 rings (SSSR count). The molecule has 0 aliphatic rings. The first kappa shape index (κ1) is 16.3. The maximum Gasteiger partial charge on any atom is 0.418 e. The van der Waals surface area contributed by atoms with E-state index in [-0.39, 0.29) is 12.2 Å². The summed E-state index contributed by atoms with van der Waals surface area (Å²) in [5.74, 6) is 0. The molecule has 1 aromatic carbocycles. The van der Waals surface area contributed by atoms with Crippen molar-refractivity contribution in [2.24, 2.45) is 0 Å².